The number of H-pyrrole nitrogens is 1. The number of aromatic amines is 1. The summed E-state index contributed by atoms with van der Waals surface area (Å²) in [7, 11) is 3.47. The van der Waals surface area contributed by atoms with E-state index in [2.05, 4.69) is 9.97 Å². The van der Waals surface area contributed by atoms with Crippen molar-refractivity contribution in [2.75, 3.05) is 25.5 Å². The number of pyridine rings is 1. The average molecular weight is 411 g/mol. The van der Waals surface area contributed by atoms with Crippen LogP contribution >= 0.6 is 11.6 Å². The summed E-state index contributed by atoms with van der Waals surface area (Å²) in [4.78, 5) is 35.8. The molecule has 1 N–H and O–H groups in total. The van der Waals surface area contributed by atoms with Crippen LogP contribution in [0.3, 0.4) is 0 Å². The van der Waals surface area contributed by atoms with E-state index >= 15 is 0 Å². The van der Waals surface area contributed by atoms with Gasteiger partial charge in [0, 0.05) is 49.5 Å². The molecule has 6 nitrogen and oxygen atoms in total. The largest absolute Gasteiger partial charge is 0.355 e. The molecule has 0 aliphatic heterocycles. The number of amides is 2. The third-order valence-electron chi connectivity index (χ3n) is 4.77. The normalized spacial score (nSPS) is 10.6. The number of halogens is 1. The summed E-state index contributed by atoms with van der Waals surface area (Å²) in [6.45, 7) is 2.41. The highest BCUT2D eigenvalue weighted by Crippen LogP contribution is 2.18. The molecule has 3 aromatic rings. The zero-order valence-electron chi connectivity index (χ0n) is 16.6. The van der Waals surface area contributed by atoms with Crippen LogP contribution in [-0.2, 0) is 6.42 Å². The molecule has 0 aliphatic carbocycles. The monoisotopic (exact) mass is 410 g/mol. The van der Waals surface area contributed by atoms with Gasteiger partial charge in [-0.1, -0.05) is 11.6 Å². The minimum Gasteiger partial charge on any atom is -0.355 e. The molecule has 0 saturated carbocycles. The van der Waals surface area contributed by atoms with Crippen LogP contribution in [0.25, 0.3) is 0 Å². The van der Waals surface area contributed by atoms with Crippen molar-refractivity contribution >= 4 is 29.1 Å². The van der Waals surface area contributed by atoms with Gasteiger partial charge in [0.15, 0.2) is 0 Å². The van der Waals surface area contributed by atoms with Gasteiger partial charge in [-0.15, -0.1) is 0 Å². The van der Waals surface area contributed by atoms with Gasteiger partial charge in [0.2, 0.25) is 5.78 Å². The molecule has 29 heavy (non-hydrogen) atoms. The number of hydrogen-bond donors (Lipinski definition) is 1. The van der Waals surface area contributed by atoms with Gasteiger partial charge in [-0.25, -0.2) is 4.79 Å². The number of aryl methyl sites for hydroxylation is 1. The van der Waals surface area contributed by atoms with Crippen molar-refractivity contribution in [2.45, 2.75) is 13.3 Å². The second-order valence-electron chi connectivity index (χ2n) is 6.91. The molecule has 1 aromatic carbocycles. The lowest BCUT2D eigenvalue weighted by Gasteiger charge is -2.24. The maximum absolute atomic E-state index is 12.7. The lowest BCUT2D eigenvalue weighted by Crippen LogP contribution is -2.39. The lowest BCUT2D eigenvalue weighted by molar-refractivity contribution is 0.103. The van der Waals surface area contributed by atoms with E-state index in [-0.39, 0.29) is 11.8 Å². The molecule has 0 unspecified atom stereocenters. The first kappa shape index (κ1) is 20.6. The van der Waals surface area contributed by atoms with Gasteiger partial charge in [-0.3, -0.25) is 14.7 Å². The number of nitrogens with zero attached hydrogens (tertiary/aromatic N) is 3. The van der Waals surface area contributed by atoms with Gasteiger partial charge in [-0.05, 0) is 55.0 Å². The Kier molecular flexibility index (Phi) is 6.34. The van der Waals surface area contributed by atoms with Crippen LogP contribution in [-0.4, -0.2) is 47.3 Å². The fourth-order valence-corrected chi connectivity index (χ4v) is 3.17. The van der Waals surface area contributed by atoms with Crippen LogP contribution in [0.2, 0.25) is 5.02 Å². The highest BCUT2D eigenvalue weighted by atomic mass is 35.5. The third kappa shape index (κ3) is 4.84. The topological polar surface area (TPSA) is 69.3 Å². The molecular weight excluding hydrogens is 388 g/mol. The summed E-state index contributed by atoms with van der Waals surface area (Å²) in [6.07, 6.45) is 3.93. The number of aromatic nitrogens is 2. The van der Waals surface area contributed by atoms with E-state index in [4.69, 9.17) is 11.6 Å². The molecule has 2 amide bonds. The number of carbonyl (C=O) groups is 2. The average Bonchev–Trinajstić information content (AvgIpc) is 3.12. The molecule has 0 saturated heterocycles. The Bertz CT molecular complexity index is 999. The van der Waals surface area contributed by atoms with Crippen molar-refractivity contribution in [3.63, 3.8) is 0 Å². The van der Waals surface area contributed by atoms with Crippen LogP contribution in [0.1, 0.15) is 27.3 Å². The van der Waals surface area contributed by atoms with Crippen molar-refractivity contribution in [3.8, 4) is 0 Å². The van der Waals surface area contributed by atoms with Crippen molar-refractivity contribution in [2.24, 2.45) is 0 Å². The summed E-state index contributed by atoms with van der Waals surface area (Å²) in [6, 6.07) is 12.3. The number of likely N-dealkylation sites (N-methyl/N-ethyl adjacent to an activating group) is 1. The zero-order chi connectivity index (χ0) is 21.0. The minimum atomic E-state index is -0.126. The van der Waals surface area contributed by atoms with E-state index < -0.39 is 0 Å². The van der Waals surface area contributed by atoms with Crippen LogP contribution in [0.15, 0.2) is 54.9 Å². The molecule has 150 valence electrons. The maximum Gasteiger partial charge on any atom is 0.324 e. The van der Waals surface area contributed by atoms with Crippen LogP contribution in [0.4, 0.5) is 10.5 Å². The molecular formula is C22H23ClN4O2. The molecule has 0 spiro atoms. The number of anilines is 1. The van der Waals surface area contributed by atoms with E-state index in [0.29, 0.717) is 29.2 Å². The molecule has 0 bridgehead atoms. The van der Waals surface area contributed by atoms with Crippen LogP contribution in [0.5, 0.6) is 0 Å². The summed E-state index contributed by atoms with van der Waals surface area (Å²) < 4.78 is 0. The molecule has 2 heterocycles. The predicted octanol–water partition coefficient (Wildman–Crippen LogP) is 4.33. The van der Waals surface area contributed by atoms with E-state index in [1.807, 2.05) is 19.1 Å². The number of carbonyl (C=O) groups excluding carboxylic acids is 2. The van der Waals surface area contributed by atoms with E-state index in [1.54, 1.807) is 66.6 Å². The van der Waals surface area contributed by atoms with Crippen LogP contribution < -0.4 is 4.90 Å². The quantitative estimate of drug-likeness (QED) is 0.615. The second kappa shape index (κ2) is 8.92. The number of rotatable bonds is 6. The SMILES string of the molecule is Cc1cc(CCN(C)C(=O)N(C)c2cccnc2)[nH]c1C(=O)c1ccc(Cl)cc1. The molecule has 7 heteroatoms. The Morgan fingerprint density at radius 3 is 2.52 bits per heavy atom. The molecule has 2 aromatic heterocycles. The minimum absolute atomic E-state index is 0.0776. The number of urea groups is 1. The highest BCUT2D eigenvalue weighted by molar-refractivity contribution is 6.30. The Morgan fingerprint density at radius 2 is 1.86 bits per heavy atom. The number of hydrogen-bond acceptors (Lipinski definition) is 3. The Morgan fingerprint density at radius 1 is 1.14 bits per heavy atom. The summed E-state index contributed by atoms with van der Waals surface area (Å²) >= 11 is 5.90. The van der Waals surface area contributed by atoms with Gasteiger partial charge in [0.25, 0.3) is 0 Å². The first-order chi connectivity index (χ1) is 13.9. The fourth-order valence-electron chi connectivity index (χ4n) is 3.05. The van der Waals surface area contributed by atoms with E-state index in [0.717, 1.165) is 16.9 Å². The summed E-state index contributed by atoms with van der Waals surface area (Å²) in [5, 5.41) is 0.592. The molecule has 3 rings (SSSR count). The maximum atomic E-state index is 12.7. The fraction of sp³-hybridized carbons (Fsp3) is 0.227. The molecule has 0 radical (unpaired) electrons. The molecule has 0 fully saturated rings. The Balaban J connectivity index is 1.64. The van der Waals surface area contributed by atoms with Gasteiger partial charge in [0.05, 0.1) is 17.6 Å². The van der Waals surface area contributed by atoms with E-state index in [1.165, 1.54) is 0 Å². The smallest absolute Gasteiger partial charge is 0.324 e. The second-order valence-corrected chi connectivity index (χ2v) is 7.35. The van der Waals surface area contributed by atoms with Gasteiger partial charge in [0.1, 0.15) is 0 Å². The van der Waals surface area contributed by atoms with Gasteiger partial charge >= 0.3 is 6.03 Å². The number of nitrogens with one attached hydrogen (secondary N) is 1. The molecule has 0 aliphatic rings. The van der Waals surface area contributed by atoms with E-state index in [9.17, 15) is 9.59 Å². The molecule has 0 atom stereocenters. The van der Waals surface area contributed by atoms with Gasteiger partial charge < -0.3 is 9.88 Å². The number of ketones is 1. The van der Waals surface area contributed by atoms with Gasteiger partial charge in [-0.2, -0.15) is 0 Å². The predicted molar refractivity (Wildman–Crippen MR) is 115 cm³/mol. The first-order valence-electron chi connectivity index (χ1n) is 9.24. The van der Waals surface area contributed by atoms with Crippen LogP contribution in [0, 0.1) is 6.92 Å². The van der Waals surface area contributed by atoms with Crippen molar-refractivity contribution in [1.82, 2.24) is 14.9 Å². The van der Waals surface area contributed by atoms with Crippen molar-refractivity contribution < 1.29 is 9.59 Å². The van der Waals surface area contributed by atoms with Crippen molar-refractivity contribution in [1.29, 1.82) is 0 Å². The van der Waals surface area contributed by atoms with Crippen molar-refractivity contribution in [3.05, 3.63) is 82.4 Å². The highest BCUT2D eigenvalue weighted by Gasteiger charge is 2.18. The first-order valence-corrected chi connectivity index (χ1v) is 9.62. The third-order valence-corrected chi connectivity index (χ3v) is 5.02. The number of benzene rings is 1. The standard InChI is InChI=1S/C22H23ClN4O2/c1-15-13-18(25-20(15)21(28)16-6-8-17(23)9-7-16)10-12-26(2)22(29)27(3)19-5-4-11-24-14-19/h4-9,11,13-14,25H,10,12H2,1-3H3. The lowest BCUT2D eigenvalue weighted by atomic mass is 10.1. The summed E-state index contributed by atoms with van der Waals surface area (Å²) in [5.74, 6) is -0.0776. The summed E-state index contributed by atoms with van der Waals surface area (Å²) in [5.41, 5.74) is 3.65. The zero-order valence-corrected chi connectivity index (χ0v) is 17.4. The Hall–Kier alpha value is -3.12. The Labute approximate surface area is 175 Å².